The third-order valence-corrected chi connectivity index (χ3v) is 7.87. The number of aromatic hydroxyl groups is 1. The molecule has 0 heterocycles. The molecule has 0 spiro atoms. The monoisotopic (exact) mass is 611 g/mol. The zero-order chi connectivity index (χ0) is 28.9. The molecule has 0 radical (unpaired) electrons. The molecule has 206 valence electrons. The van der Waals surface area contributed by atoms with E-state index >= 15 is 0 Å². The first-order valence-corrected chi connectivity index (χ1v) is 13.9. The van der Waals surface area contributed by atoms with Gasteiger partial charge in [-0.1, -0.05) is 64.6 Å². The highest BCUT2D eigenvalue weighted by atomic mass is 35.5. The number of hydrazone groups is 1. The predicted molar refractivity (Wildman–Crippen MR) is 153 cm³/mol. The van der Waals surface area contributed by atoms with Gasteiger partial charge in [0.25, 0.3) is 5.91 Å². The highest BCUT2D eigenvalue weighted by Crippen LogP contribution is 2.43. The number of aryl methyl sites for hydroxylation is 1. The van der Waals surface area contributed by atoms with Gasteiger partial charge < -0.3 is 21.6 Å². The Labute approximate surface area is 240 Å². The smallest absolute Gasteiger partial charge is 0.276 e. The van der Waals surface area contributed by atoms with Crippen LogP contribution in [0.5, 0.6) is 5.75 Å². The third-order valence-electron chi connectivity index (χ3n) is 5.35. The largest absolute Gasteiger partial charge is 0.504 e. The number of nitrogens with zero attached hydrogens (tertiary/aromatic N) is 1. The molecule has 0 aliphatic heterocycles. The maximum absolute atomic E-state index is 12.8. The number of phenols is 1. The van der Waals surface area contributed by atoms with Gasteiger partial charge >= 0.3 is 0 Å². The normalized spacial score (nSPS) is 12.6. The molecule has 0 saturated carbocycles. The molecule has 10 nitrogen and oxygen atoms in total. The van der Waals surface area contributed by atoms with Crippen LogP contribution < -0.4 is 21.2 Å². The number of hydrogen-bond acceptors (Lipinski definition) is 7. The molecule has 39 heavy (non-hydrogen) atoms. The average molecular weight is 613 g/mol. The molecule has 1 unspecified atom stereocenters. The van der Waals surface area contributed by atoms with Gasteiger partial charge in [-0.15, -0.1) is 0 Å². The third kappa shape index (κ3) is 7.61. The lowest BCUT2D eigenvalue weighted by Crippen LogP contribution is -2.35. The molecule has 0 aliphatic carbocycles. The van der Waals surface area contributed by atoms with Crippen molar-refractivity contribution in [2.75, 3.05) is 10.6 Å². The molecule has 0 aliphatic rings. The number of carbonyl (C=O) groups excluding carboxylic acids is 2. The van der Waals surface area contributed by atoms with E-state index in [0.717, 1.165) is 5.56 Å². The molecule has 14 heteroatoms. The van der Waals surface area contributed by atoms with Gasteiger partial charge in [-0.25, -0.2) is 13.1 Å². The number of carbonyl (C=O) groups is 2. The van der Waals surface area contributed by atoms with Gasteiger partial charge in [-0.3, -0.25) is 9.59 Å². The average Bonchev–Trinajstić information content (AvgIpc) is 2.86. The van der Waals surface area contributed by atoms with Crippen molar-refractivity contribution in [1.29, 1.82) is 0 Å². The van der Waals surface area contributed by atoms with Gasteiger partial charge in [0.15, 0.2) is 11.5 Å². The summed E-state index contributed by atoms with van der Waals surface area (Å²) in [4.78, 5) is 25.4. The second-order valence-electron chi connectivity index (χ2n) is 8.47. The molecule has 2 amide bonds. The van der Waals surface area contributed by atoms with Crippen LogP contribution in [0.1, 0.15) is 24.5 Å². The number of amides is 2. The van der Waals surface area contributed by atoms with Crippen LogP contribution in [0.3, 0.4) is 0 Å². The number of sulfonamides is 1. The van der Waals surface area contributed by atoms with Gasteiger partial charge in [0.1, 0.15) is 5.02 Å². The number of phenolic OH excluding ortho intramolecular Hbond substituents is 1. The number of nitrogens with one attached hydrogen (secondary N) is 3. The van der Waals surface area contributed by atoms with E-state index in [0.29, 0.717) is 10.6 Å². The van der Waals surface area contributed by atoms with Crippen LogP contribution in [0.25, 0.3) is 0 Å². The summed E-state index contributed by atoms with van der Waals surface area (Å²) in [6.07, 6.45) is -0.286. The minimum absolute atomic E-state index is 0.0157. The first-order chi connectivity index (χ1) is 18.3. The van der Waals surface area contributed by atoms with Gasteiger partial charge in [0, 0.05) is 23.0 Å². The summed E-state index contributed by atoms with van der Waals surface area (Å²) < 4.78 is 27.5. The minimum Gasteiger partial charge on any atom is -0.504 e. The summed E-state index contributed by atoms with van der Waals surface area (Å²) in [7, 11) is -3.91. The Bertz CT molecular complexity index is 1530. The van der Waals surface area contributed by atoms with Crippen LogP contribution in [-0.4, -0.2) is 37.1 Å². The lowest BCUT2D eigenvalue weighted by Gasteiger charge is -2.17. The van der Waals surface area contributed by atoms with E-state index in [1.54, 1.807) is 24.3 Å². The van der Waals surface area contributed by atoms with Crippen LogP contribution in [0.4, 0.5) is 11.4 Å². The van der Waals surface area contributed by atoms with Crippen LogP contribution in [0.15, 0.2) is 64.6 Å². The fourth-order valence-corrected chi connectivity index (χ4v) is 5.35. The number of nitrogens with two attached hydrogens (primary N) is 1. The van der Waals surface area contributed by atoms with Crippen molar-refractivity contribution < 1.29 is 23.1 Å². The quantitative estimate of drug-likeness (QED) is 0.102. The molecule has 0 saturated heterocycles. The van der Waals surface area contributed by atoms with E-state index in [1.165, 1.54) is 37.3 Å². The van der Waals surface area contributed by atoms with E-state index in [4.69, 9.17) is 40.6 Å². The summed E-state index contributed by atoms with van der Waals surface area (Å²) in [5, 5.41) is 19.0. The van der Waals surface area contributed by atoms with E-state index in [2.05, 4.69) is 20.5 Å². The Hall–Kier alpha value is -3.35. The number of benzene rings is 3. The minimum atomic E-state index is -3.91. The van der Waals surface area contributed by atoms with Crippen molar-refractivity contribution in [2.45, 2.75) is 31.2 Å². The van der Waals surface area contributed by atoms with Crippen molar-refractivity contribution in [1.82, 2.24) is 4.72 Å². The Kier molecular flexibility index (Phi) is 9.81. The zero-order valence-electron chi connectivity index (χ0n) is 20.6. The van der Waals surface area contributed by atoms with Gasteiger partial charge in [0.05, 0.1) is 21.3 Å². The maximum atomic E-state index is 12.8. The first-order valence-electron chi connectivity index (χ1n) is 11.3. The number of hydrogen-bond donors (Lipinski definition) is 5. The van der Waals surface area contributed by atoms with Crippen molar-refractivity contribution in [3.05, 3.63) is 80.8 Å². The molecule has 3 rings (SSSR count). The molecule has 0 bridgehead atoms. The Morgan fingerprint density at radius 1 is 1.03 bits per heavy atom. The van der Waals surface area contributed by atoms with E-state index in [1.807, 2.05) is 6.92 Å². The van der Waals surface area contributed by atoms with Crippen molar-refractivity contribution >= 4 is 73.7 Å². The number of halogens is 3. The highest BCUT2D eigenvalue weighted by Gasteiger charge is 2.23. The molecule has 1 atom stereocenters. The summed E-state index contributed by atoms with van der Waals surface area (Å²) in [6.45, 7) is 3.38. The fourth-order valence-electron chi connectivity index (χ4n) is 3.43. The Balaban J connectivity index is 1.70. The number of rotatable bonds is 9. The molecular weight excluding hydrogens is 589 g/mol. The van der Waals surface area contributed by atoms with Crippen LogP contribution in [0, 0.1) is 6.92 Å². The SMILES string of the molecule is Cc1ccc(C(=NN)C(=O)Nc2cc(Cl)c(NC(=O)CC(C)NS(=O)(=O)c3ccc(Cl)cc3)c(Cl)c2O)cc1. The fraction of sp³-hybridized carbons (Fsp3) is 0.160. The topological polar surface area (TPSA) is 163 Å². The zero-order valence-corrected chi connectivity index (χ0v) is 23.7. The van der Waals surface area contributed by atoms with Crippen molar-refractivity contribution in [3.63, 3.8) is 0 Å². The Morgan fingerprint density at radius 3 is 2.23 bits per heavy atom. The van der Waals surface area contributed by atoms with Gasteiger partial charge in [-0.2, -0.15) is 5.10 Å². The van der Waals surface area contributed by atoms with E-state index in [9.17, 15) is 23.1 Å². The summed E-state index contributed by atoms with van der Waals surface area (Å²) in [5.74, 6) is 3.47. The van der Waals surface area contributed by atoms with Crippen LogP contribution >= 0.6 is 34.8 Å². The molecule has 3 aromatic carbocycles. The van der Waals surface area contributed by atoms with Crippen LogP contribution in [0.2, 0.25) is 15.1 Å². The second kappa shape index (κ2) is 12.7. The van der Waals surface area contributed by atoms with Crippen molar-refractivity contribution in [3.8, 4) is 5.75 Å². The lowest BCUT2D eigenvalue weighted by molar-refractivity contribution is -0.116. The Morgan fingerprint density at radius 2 is 1.64 bits per heavy atom. The second-order valence-corrected chi connectivity index (χ2v) is 11.4. The number of anilines is 2. The molecule has 0 fully saturated rings. The first kappa shape index (κ1) is 30.2. The summed E-state index contributed by atoms with van der Waals surface area (Å²) in [5.41, 5.74) is 1.04. The summed E-state index contributed by atoms with van der Waals surface area (Å²) in [6, 6.07) is 12.8. The maximum Gasteiger partial charge on any atom is 0.276 e. The lowest BCUT2D eigenvalue weighted by atomic mass is 10.1. The standard InChI is InChI=1S/C25H24Cl3N5O5S/c1-13-3-5-15(6-4-13)22(32-29)25(36)30-19-12-18(27)23(21(28)24(19)35)31-20(34)11-14(2)33-39(37,38)17-9-7-16(26)8-10-17/h3-10,12,14,33,35H,11,29H2,1-2H3,(H,30,36)(H,31,34). The van der Waals surface area contributed by atoms with Crippen molar-refractivity contribution in [2.24, 2.45) is 10.9 Å². The highest BCUT2D eigenvalue weighted by molar-refractivity contribution is 7.89. The molecule has 3 aromatic rings. The molecular formula is C25H24Cl3N5O5S. The molecule has 0 aromatic heterocycles. The van der Waals surface area contributed by atoms with Gasteiger partial charge in [-0.05, 0) is 44.2 Å². The van der Waals surface area contributed by atoms with Gasteiger partial charge in [0.2, 0.25) is 15.9 Å². The predicted octanol–water partition coefficient (Wildman–Crippen LogP) is 4.66. The summed E-state index contributed by atoms with van der Waals surface area (Å²) >= 11 is 18.3. The van der Waals surface area contributed by atoms with E-state index in [-0.39, 0.29) is 38.4 Å². The van der Waals surface area contributed by atoms with E-state index < -0.39 is 33.6 Å². The molecule has 6 N–H and O–H groups in total. The van der Waals surface area contributed by atoms with Crippen LogP contribution in [-0.2, 0) is 19.6 Å².